The van der Waals surface area contributed by atoms with Crippen molar-refractivity contribution in [1.82, 2.24) is 26.3 Å². The lowest BCUT2D eigenvalue weighted by Crippen LogP contribution is -2.59. The van der Waals surface area contributed by atoms with E-state index in [4.69, 9.17) is 5.73 Å². The van der Waals surface area contributed by atoms with E-state index in [0.29, 0.717) is 5.56 Å². The van der Waals surface area contributed by atoms with E-state index in [1.807, 2.05) is 10.6 Å². The highest BCUT2D eigenvalue weighted by atomic mass is 16.4. The maximum absolute atomic E-state index is 13.1. The minimum absolute atomic E-state index is 0.00607. The summed E-state index contributed by atoms with van der Waals surface area (Å²) in [5, 5.41) is 46.3. The maximum Gasteiger partial charge on any atom is 0.326 e. The number of fused-ring (bicyclic) bond motifs is 1. The van der Waals surface area contributed by atoms with Gasteiger partial charge in [-0.15, -0.1) is 0 Å². The van der Waals surface area contributed by atoms with Crippen LogP contribution in [0, 0.1) is 5.92 Å². The van der Waals surface area contributed by atoms with Crippen molar-refractivity contribution in [3.05, 3.63) is 36.0 Å². The van der Waals surface area contributed by atoms with Crippen LogP contribution in [0.1, 0.15) is 38.7 Å². The lowest BCUT2D eigenvalue weighted by molar-refractivity contribution is -0.145. The molecule has 0 aliphatic rings. The number of rotatable bonds is 18. The SMILES string of the molecule is CC(C)[C@H](NC(=O)[C@H](CC(=O)O)NC(=O)[C@H](CC(=O)O)NC(=O)[C@H](CC(=O)O)NC(=O)[C@@H](N)Cc1c[nH]c2ccccc12)C(=O)O. The Hall–Kier alpha value is -5.52. The number of aromatic nitrogens is 1. The topological polar surface area (TPSA) is 307 Å². The number of carbonyl (C=O) groups excluding carboxylic acids is 4. The molecule has 0 unspecified atom stereocenters. The van der Waals surface area contributed by atoms with Crippen molar-refractivity contribution in [3.8, 4) is 0 Å². The van der Waals surface area contributed by atoms with E-state index in [1.54, 1.807) is 30.5 Å². The van der Waals surface area contributed by atoms with Gasteiger partial charge in [0, 0.05) is 17.1 Å². The fourth-order valence-electron chi connectivity index (χ4n) is 4.37. The molecule has 0 spiro atoms. The fourth-order valence-corrected chi connectivity index (χ4v) is 4.37. The van der Waals surface area contributed by atoms with Crippen molar-refractivity contribution >= 4 is 58.4 Å². The van der Waals surface area contributed by atoms with Gasteiger partial charge in [-0.05, 0) is 24.0 Å². The van der Waals surface area contributed by atoms with Crippen LogP contribution in [0.15, 0.2) is 30.5 Å². The largest absolute Gasteiger partial charge is 0.481 e. The average molecular weight is 649 g/mol. The molecule has 0 radical (unpaired) electrons. The quantitative estimate of drug-likeness (QED) is 0.0849. The van der Waals surface area contributed by atoms with Crippen LogP contribution in [0.3, 0.4) is 0 Å². The van der Waals surface area contributed by atoms with Gasteiger partial charge in [0.15, 0.2) is 0 Å². The molecule has 0 bridgehead atoms. The first-order valence-corrected chi connectivity index (χ1v) is 13.9. The van der Waals surface area contributed by atoms with Crippen LogP contribution in [0.25, 0.3) is 10.9 Å². The van der Waals surface area contributed by atoms with Gasteiger partial charge in [-0.25, -0.2) is 4.79 Å². The monoisotopic (exact) mass is 648 g/mol. The zero-order chi connectivity index (χ0) is 34.7. The van der Waals surface area contributed by atoms with Gasteiger partial charge in [0.1, 0.15) is 24.2 Å². The standard InChI is InChI=1S/C28H36N6O12/c1-12(2)23(28(45)46)34-27(44)19(10-22(39)40)33-26(43)18(9-21(37)38)32-25(42)17(8-20(35)36)31-24(41)15(29)7-13-11-30-16-6-4-3-5-14(13)16/h3-6,11-12,15,17-19,23,30H,7-10,29H2,1-2H3,(H,31,41)(H,32,42)(H,33,43)(H,34,44)(H,35,36)(H,37,38)(H,39,40)(H,45,46)/t15-,17-,18-,19-,23-/m0/s1. The summed E-state index contributed by atoms with van der Waals surface area (Å²) in [7, 11) is 0. The molecule has 250 valence electrons. The number of amides is 4. The maximum atomic E-state index is 13.1. The number of H-pyrrole nitrogens is 1. The van der Waals surface area contributed by atoms with E-state index in [9.17, 15) is 58.8 Å². The number of hydrogen-bond donors (Lipinski definition) is 10. The lowest BCUT2D eigenvalue weighted by atomic mass is 10.0. The molecule has 11 N–H and O–H groups in total. The van der Waals surface area contributed by atoms with Gasteiger partial charge in [-0.2, -0.15) is 0 Å². The Morgan fingerprint density at radius 1 is 0.696 bits per heavy atom. The first kappa shape index (κ1) is 36.7. The molecule has 0 fully saturated rings. The lowest BCUT2D eigenvalue weighted by Gasteiger charge is -2.25. The van der Waals surface area contributed by atoms with Crippen LogP contribution in [0.5, 0.6) is 0 Å². The molecule has 1 aromatic heterocycles. The molecule has 5 atom stereocenters. The minimum atomic E-state index is -1.98. The smallest absolute Gasteiger partial charge is 0.326 e. The number of aliphatic carboxylic acids is 4. The molecule has 4 amide bonds. The van der Waals surface area contributed by atoms with Gasteiger partial charge < -0.3 is 52.4 Å². The number of hydrogen-bond acceptors (Lipinski definition) is 9. The predicted molar refractivity (Wildman–Crippen MR) is 157 cm³/mol. The van der Waals surface area contributed by atoms with Crippen molar-refractivity contribution in [2.24, 2.45) is 11.7 Å². The summed E-state index contributed by atoms with van der Waals surface area (Å²) in [4.78, 5) is 101. The Morgan fingerprint density at radius 2 is 1.13 bits per heavy atom. The summed E-state index contributed by atoms with van der Waals surface area (Å²) in [5.41, 5.74) is 7.46. The molecular weight excluding hydrogens is 612 g/mol. The number of carboxylic acid groups (broad SMARTS) is 4. The predicted octanol–water partition coefficient (Wildman–Crippen LogP) is -1.86. The zero-order valence-electron chi connectivity index (χ0n) is 24.8. The summed E-state index contributed by atoms with van der Waals surface area (Å²) < 4.78 is 0. The van der Waals surface area contributed by atoms with Gasteiger partial charge in [-0.3, -0.25) is 33.6 Å². The van der Waals surface area contributed by atoms with E-state index in [-0.39, 0.29) is 6.42 Å². The summed E-state index contributed by atoms with van der Waals surface area (Å²) in [6, 6.07) is -1.26. The number of aromatic amines is 1. The van der Waals surface area contributed by atoms with E-state index in [1.165, 1.54) is 13.8 Å². The Bertz CT molecular complexity index is 1490. The summed E-state index contributed by atoms with van der Waals surface area (Å²) in [6.07, 6.45) is -1.50. The van der Waals surface area contributed by atoms with Crippen molar-refractivity contribution < 1.29 is 58.8 Å². The fraction of sp³-hybridized carbons (Fsp3) is 0.429. The molecular formula is C28H36N6O12. The molecule has 0 aliphatic carbocycles. The van der Waals surface area contributed by atoms with Crippen LogP contribution in [-0.2, 0) is 44.8 Å². The minimum Gasteiger partial charge on any atom is -0.481 e. The second-order valence-corrected chi connectivity index (χ2v) is 10.7. The Balaban J connectivity index is 2.21. The third-order valence-corrected chi connectivity index (χ3v) is 6.72. The highest BCUT2D eigenvalue weighted by Gasteiger charge is 2.35. The number of carboxylic acids is 4. The summed E-state index contributed by atoms with van der Waals surface area (Å²) in [5.74, 6) is -11.6. The highest BCUT2D eigenvalue weighted by Crippen LogP contribution is 2.19. The Morgan fingerprint density at radius 3 is 1.57 bits per heavy atom. The first-order valence-electron chi connectivity index (χ1n) is 13.9. The number of carbonyl (C=O) groups is 8. The van der Waals surface area contributed by atoms with Crippen LogP contribution in [-0.4, -0.2) is 103 Å². The van der Waals surface area contributed by atoms with Gasteiger partial charge in [0.2, 0.25) is 23.6 Å². The number of para-hydroxylation sites is 1. The zero-order valence-corrected chi connectivity index (χ0v) is 24.8. The van der Waals surface area contributed by atoms with Gasteiger partial charge in [-0.1, -0.05) is 32.0 Å². The molecule has 0 saturated carbocycles. The van der Waals surface area contributed by atoms with Crippen LogP contribution >= 0.6 is 0 Å². The third-order valence-electron chi connectivity index (χ3n) is 6.72. The molecule has 18 nitrogen and oxygen atoms in total. The second-order valence-electron chi connectivity index (χ2n) is 10.7. The second kappa shape index (κ2) is 16.5. The van der Waals surface area contributed by atoms with Gasteiger partial charge >= 0.3 is 23.9 Å². The van der Waals surface area contributed by atoms with E-state index >= 15 is 0 Å². The van der Waals surface area contributed by atoms with E-state index < -0.39 is 103 Å². The van der Waals surface area contributed by atoms with E-state index in [2.05, 4.69) is 15.6 Å². The van der Waals surface area contributed by atoms with Crippen molar-refractivity contribution in [3.63, 3.8) is 0 Å². The summed E-state index contributed by atoms with van der Waals surface area (Å²) >= 11 is 0. The van der Waals surface area contributed by atoms with Crippen LogP contribution < -0.4 is 27.0 Å². The van der Waals surface area contributed by atoms with Crippen molar-refractivity contribution in [2.75, 3.05) is 0 Å². The van der Waals surface area contributed by atoms with Crippen molar-refractivity contribution in [2.45, 2.75) is 69.7 Å². The van der Waals surface area contributed by atoms with Crippen LogP contribution in [0.4, 0.5) is 0 Å². The third kappa shape index (κ3) is 10.9. The van der Waals surface area contributed by atoms with Gasteiger partial charge in [0.05, 0.1) is 25.3 Å². The molecule has 46 heavy (non-hydrogen) atoms. The highest BCUT2D eigenvalue weighted by molar-refractivity contribution is 5.98. The number of nitrogens with one attached hydrogen (secondary N) is 5. The molecule has 2 rings (SSSR count). The molecule has 0 saturated heterocycles. The number of benzene rings is 1. The van der Waals surface area contributed by atoms with Gasteiger partial charge in [0.25, 0.3) is 0 Å². The number of nitrogens with two attached hydrogens (primary N) is 1. The Kier molecular flexibility index (Phi) is 13.2. The molecule has 1 aromatic carbocycles. The molecule has 0 aliphatic heterocycles. The van der Waals surface area contributed by atoms with E-state index in [0.717, 1.165) is 10.9 Å². The molecule has 18 heteroatoms. The average Bonchev–Trinajstić information content (AvgIpc) is 3.36. The summed E-state index contributed by atoms with van der Waals surface area (Å²) in [6.45, 7) is 2.92. The normalized spacial score (nSPS) is 14.3. The first-order chi connectivity index (χ1) is 21.5. The van der Waals surface area contributed by atoms with Crippen LogP contribution in [0.2, 0.25) is 0 Å². The van der Waals surface area contributed by atoms with Crippen molar-refractivity contribution in [1.29, 1.82) is 0 Å². The molecule has 2 aromatic rings. The Labute approximate surface area is 261 Å². The molecule has 1 heterocycles.